The van der Waals surface area contributed by atoms with E-state index in [0.29, 0.717) is 16.8 Å². The van der Waals surface area contributed by atoms with Crippen molar-refractivity contribution in [2.45, 2.75) is 6.54 Å². The standard InChI is InChI=1S/C12H11FN4S/c1-16-6-8(5-14-16)7-17-11-3-2-9(13)4-10(11)15-12(17)18/h2-6H,7H2,1H3,(H,15,18). The van der Waals surface area contributed by atoms with Crippen molar-refractivity contribution in [3.05, 3.63) is 46.7 Å². The van der Waals surface area contributed by atoms with E-state index >= 15 is 0 Å². The molecule has 0 bridgehead atoms. The molecule has 1 aromatic carbocycles. The van der Waals surface area contributed by atoms with Crippen LogP contribution >= 0.6 is 12.2 Å². The Hall–Kier alpha value is -1.95. The van der Waals surface area contributed by atoms with Crippen LogP contribution in [-0.4, -0.2) is 19.3 Å². The van der Waals surface area contributed by atoms with Crippen LogP contribution in [0.3, 0.4) is 0 Å². The summed E-state index contributed by atoms with van der Waals surface area (Å²) in [7, 11) is 1.87. The first-order valence-electron chi connectivity index (χ1n) is 5.49. The highest BCUT2D eigenvalue weighted by Gasteiger charge is 2.06. The summed E-state index contributed by atoms with van der Waals surface area (Å²) >= 11 is 5.26. The molecule has 0 saturated carbocycles. The van der Waals surface area contributed by atoms with E-state index in [1.165, 1.54) is 12.1 Å². The summed E-state index contributed by atoms with van der Waals surface area (Å²) in [6.07, 6.45) is 3.73. The minimum absolute atomic E-state index is 0.271. The predicted molar refractivity (Wildman–Crippen MR) is 69.4 cm³/mol. The molecule has 6 heteroatoms. The number of imidazole rings is 1. The second-order valence-corrected chi connectivity index (χ2v) is 4.59. The lowest BCUT2D eigenvalue weighted by Gasteiger charge is -2.01. The summed E-state index contributed by atoms with van der Waals surface area (Å²) in [5, 5.41) is 4.12. The van der Waals surface area contributed by atoms with Gasteiger partial charge in [0.25, 0.3) is 0 Å². The molecule has 92 valence electrons. The number of nitrogens with zero attached hydrogens (tertiary/aromatic N) is 3. The lowest BCUT2D eigenvalue weighted by molar-refractivity contribution is 0.629. The monoisotopic (exact) mass is 262 g/mol. The molecule has 0 amide bonds. The predicted octanol–water partition coefficient (Wildman–Crippen LogP) is 2.62. The van der Waals surface area contributed by atoms with Gasteiger partial charge in [0.1, 0.15) is 5.82 Å². The van der Waals surface area contributed by atoms with E-state index in [9.17, 15) is 4.39 Å². The molecule has 4 nitrogen and oxygen atoms in total. The molecule has 3 rings (SSSR count). The van der Waals surface area contributed by atoms with Gasteiger partial charge < -0.3 is 9.55 Å². The van der Waals surface area contributed by atoms with Crippen molar-refractivity contribution < 1.29 is 4.39 Å². The van der Waals surface area contributed by atoms with Crippen molar-refractivity contribution in [1.82, 2.24) is 19.3 Å². The maximum atomic E-state index is 13.1. The van der Waals surface area contributed by atoms with Gasteiger partial charge in [0.05, 0.1) is 23.8 Å². The number of aromatic nitrogens is 4. The molecular weight excluding hydrogens is 251 g/mol. The van der Waals surface area contributed by atoms with Crippen LogP contribution in [0.25, 0.3) is 11.0 Å². The lowest BCUT2D eigenvalue weighted by atomic mass is 10.3. The Morgan fingerprint density at radius 1 is 1.44 bits per heavy atom. The van der Waals surface area contributed by atoms with E-state index in [4.69, 9.17) is 12.2 Å². The molecule has 0 aliphatic carbocycles. The first-order valence-corrected chi connectivity index (χ1v) is 5.90. The second-order valence-electron chi connectivity index (χ2n) is 4.20. The first kappa shape index (κ1) is 11.2. The van der Waals surface area contributed by atoms with Crippen LogP contribution in [0.2, 0.25) is 0 Å². The van der Waals surface area contributed by atoms with E-state index < -0.39 is 0 Å². The Bertz CT molecular complexity index is 768. The fourth-order valence-electron chi connectivity index (χ4n) is 2.03. The van der Waals surface area contributed by atoms with Crippen LogP contribution in [0.15, 0.2) is 30.6 Å². The number of rotatable bonds is 2. The molecule has 0 atom stereocenters. The van der Waals surface area contributed by atoms with Gasteiger partial charge >= 0.3 is 0 Å². The molecule has 1 N–H and O–H groups in total. The third kappa shape index (κ3) is 1.84. The van der Waals surface area contributed by atoms with Gasteiger partial charge in [0.2, 0.25) is 0 Å². The zero-order valence-corrected chi connectivity index (χ0v) is 10.5. The largest absolute Gasteiger partial charge is 0.330 e. The van der Waals surface area contributed by atoms with Crippen molar-refractivity contribution in [3.8, 4) is 0 Å². The Labute approximate surface area is 108 Å². The summed E-state index contributed by atoms with van der Waals surface area (Å²) in [5.74, 6) is -0.271. The number of hydrogen-bond acceptors (Lipinski definition) is 2. The molecule has 0 saturated heterocycles. The molecular formula is C12H11FN4S. The zero-order chi connectivity index (χ0) is 12.7. The van der Waals surface area contributed by atoms with Crippen LogP contribution in [0.5, 0.6) is 0 Å². The van der Waals surface area contributed by atoms with Crippen molar-refractivity contribution in [3.63, 3.8) is 0 Å². The molecule has 0 aliphatic rings. The van der Waals surface area contributed by atoms with Crippen LogP contribution in [0.4, 0.5) is 4.39 Å². The SMILES string of the molecule is Cn1cc(Cn2c(=S)[nH]c3cc(F)ccc32)cn1. The Balaban J connectivity index is 2.11. The summed E-state index contributed by atoms with van der Waals surface area (Å²) in [6.45, 7) is 0.623. The smallest absolute Gasteiger partial charge is 0.178 e. The lowest BCUT2D eigenvalue weighted by Crippen LogP contribution is -1.98. The van der Waals surface area contributed by atoms with Crippen LogP contribution < -0.4 is 0 Å². The minimum atomic E-state index is -0.271. The summed E-state index contributed by atoms with van der Waals surface area (Å²) in [4.78, 5) is 3.01. The molecule has 18 heavy (non-hydrogen) atoms. The van der Waals surface area contributed by atoms with Gasteiger partial charge in [-0.1, -0.05) is 0 Å². The molecule has 2 heterocycles. The number of aryl methyl sites for hydroxylation is 1. The average Bonchev–Trinajstić information content (AvgIpc) is 2.84. The zero-order valence-electron chi connectivity index (χ0n) is 9.72. The van der Waals surface area contributed by atoms with Crippen molar-refractivity contribution in [1.29, 1.82) is 0 Å². The maximum absolute atomic E-state index is 13.1. The number of hydrogen-bond donors (Lipinski definition) is 1. The molecule has 0 unspecified atom stereocenters. The van der Waals surface area contributed by atoms with Gasteiger partial charge in [-0.15, -0.1) is 0 Å². The fraction of sp³-hybridized carbons (Fsp3) is 0.167. The van der Waals surface area contributed by atoms with Gasteiger partial charge in [-0.3, -0.25) is 4.68 Å². The number of benzene rings is 1. The average molecular weight is 262 g/mol. The van der Waals surface area contributed by atoms with Crippen molar-refractivity contribution >= 4 is 23.3 Å². The number of H-pyrrole nitrogens is 1. The van der Waals surface area contributed by atoms with Crippen molar-refractivity contribution in [2.24, 2.45) is 7.05 Å². The normalized spacial score (nSPS) is 11.2. The van der Waals surface area contributed by atoms with E-state index in [-0.39, 0.29) is 5.82 Å². The number of fused-ring (bicyclic) bond motifs is 1. The van der Waals surface area contributed by atoms with Crippen LogP contribution in [0.1, 0.15) is 5.56 Å². The number of aromatic amines is 1. The Morgan fingerprint density at radius 2 is 2.28 bits per heavy atom. The topological polar surface area (TPSA) is 38.5 Å². The quantitative estimate of drug-likeness (QED) is 0.721. The third-order valence-electron chi connectivity index (χ3n) is 2.84. The highest BCUT2D eigenvalue weighted by molar-refractivity contribution is 7.71. The Morgan fingerprint density at radius 3 is 3.00 bits per heavy atom. The highest BCUT2D eigenvalue weighted by atomic mass is 32.1. The van der Waals surface area contributed by atoms with E-state index in [2.05, 4.69) is 10.1 Å². The number of halogens is 1. The molecule has 0 spiro atoms. The fourth-order valence-corrected chi connectivity index (χ4v) is 2.30. The molecule has 2 aromatic heterocycles. The van der Waals surface area contributed by atoms with Crippen LogP contribution in [-0.2, 0) is 13.6 Å². The van der Waals surface area contributed by atoms with Gasteiger partial charge in [-0.25, -0.2) is 4.39 Å². The van der Waals surface area contributed by atoms with Gasteiger partial charge in [-0.2, -0.15) is 5.10 Å². The van der Waals surface area contributed by atoms with E-state index in [1.54, 1.807) is 16.9 Å². The van der Waals surface area contributed by atoms with E-state index in [1.807, 2.05) is 17.8 Å². The van der Waals surface area contributed by atoms with Gasteiger partial charge in [0.15, 0.2) is 4.77 Å². The second kappa shape index (κ2) is 4.06. The maximum Gasteiger partial charge on any atom is 0.178 e. The molecule has 0 radical (unpaired) electrons. The molecule has 0 fully saturated rings. The highest BCUT2D eigenvalue weighted by Crippen LogP contribution is 2.17. The first-order chi connectivity index (χ1) is 8.63. The number of nitrogens with one attached hydrogen (secondary N) is 1. The van der Waals surface area contributed by atoms with Gasteiger partial charge in [0, 0.05) is 18.8 Å². The van der Waals surface area contributed by atoms with Crippen LogP contribution in [0, 0.1) is 10.6 Å². The Kier molecular flexibility index (Phi) is 2.52. The summed E-state index contributed by atoms with van der Waals surface area (Å²) in [5.41, 5.74) is 2.66. The molecule has 3 aromatic rings. The molecule has 0 aliphatic heterocycles. The van der Waals surface area contributed by atoms with Crippen molar-refractivity contribution in [2.75, 3.05) is 0 Å². The summed E-state index contributed by atoms with van der Waals surface area (Å²) in [6, 6.07) is 4.61. The van der Waals surface area contributed by atoms with Gasteiger partial charge in [-0.05, 0) is 30.4 Å². The summed E-state index contributed by atoms with van der Waals surface area (Å²) < 4.78 is 17.4. The third-order valence-corrected chi connectivity index (χ3v) is 3.16. The minimum Gasteiger partial charge on any atom is -0.330 e. The van der Waals surface area contributed by atoms with E-state index in [0.717, 1.165) is 11.1 Å².